The lowest BCUT2D eigenvalue weighted by molar-refractivity contribution is -0.137. The Morgan fingerprint density at radius 1 is 1.32 bits per heavy atom. The predicted molar refractivity (Wildman–Crippen MR) is 118 cm³/mol. The first-order valence-corrected chi connectivity index (χ1v) is 11.3. The van der Waals surface area contributed by atoms with E-state index in [-0.39, 0.29) is 24.1 Å². The molecule has 162 valence electrons. The van der Waals surface area contributed by atoms with Gasteiger partial charge in [-0.15, -0.1) is 11.3 Å². The summed E-state index contributed by atoms with van der Waals surface area (Å²) in [5.41, 5.74) is 3.16. The van der Waals surface area contributed by atoms with Crippen LogP contribution in [0, 0.1) is 6.92 Å². The van der Waals surface area contributed by atoms with E-state index in [0.717, 1.165) is 21.7 Å². The van der Waals surface area contributed by atoms with Gasteiger partial charge >= 0.3 is 0 Å². The Balaban J connectivity index is 1.42. The maximum absolute atomic E-state index is 12.8. The normalized spacial score (nSPS) is 18.2. The molecule has 1 aromatic carbocycles. The number of benzene rings is 1. The molecule has 2 aliphatic heterocycles. The zero-order valence-corrected chi connectivity index (χ0v) is 18.8. The highest BCUT2D eigenvalue weighted by Crippen LogP contribution is 2.34. The topological polar surface area (TPSA) is 86.8 Å². The minimum Gasteiger partial charge on any atom is -0.322 e. The third-order valence-electron chi connectivity index (χ3n) is 5.87. The largest absolute Gasteiger partial charge is 0.322 e. The fourth-order valence-corrected chi connectivity index (χ4v) is 5.15. The smallest absolute Gasteiger partial charge is 0.256 e. The van der Waals surface area contributed by atoms with Gasteiger partial charge in [-0.1, -0.05) is 17.7 Å². The minimum absolute atomic E-state index is 0.0478. The van der Waals surface area contributed by atoms with E-state index in [9.17, 15) is 19.2 Å². The van der Waals surface area contributed by atoms with Crippen LogP contribution >= 0.6 is 22.9 Å². The molecule has 0 saturated carbocycles. The monoisotopic (exact) mass is 459 g/mol. The fraction of sp³-hybridized carbons (Fsp3) is 0.364. The number of piperidine rings is 1. The maximum atomic E-state index is 12.8. The number of thiophene rings is 1. The molecule has 1 aromatic heterocycles. The Bertz CT molecular complexity index is 1100. The number of imide groups is 1. The van der Waals surface area contributed by atoms with Crippen molar-refractivity contribution in [3.8, 4) is 0 Å². The SMILES string of the molecule is Cc1ccc(N(C)C(=O)CCc2scc3c2CN(C2CCC(=O)NC2=O)C3=O)cc1Cl. The Hall–Kier alpha value is -2.71. The Morgan fingerprint density at radius 2 is 2.10 bits per heavy atom. The first-order valence-electron chi connectivity index (χ1n) is 10.0. The van der Waals surface area contributed by atoms with Gasteiger partial charge in [0, 0.05) is 47.4 Å². The number of hydrogen-bond acceptors (Lipinski definition) is 5. The van der Waals surface area contributed by atoms with Gasteiger partial charge in [-0.3, -0.25) is 24.5 Å². The van der Waals surface area contributed by atoms with Crippen molar-refractivity contribution in [3.63, 3.8) is 0 Å². The van der Waals surface area contributed by atoms with E-state index in [2.05, 4.69) is 5.32 Å². The average molecular weight is 460 g/mol. The van der Waals surface area contributed by atoms with Gasteiger partial charge in [0.25, 0.3) is 5.91 Å². The van der Waals surface area contributed by atoms with Crippen molar-refractivity contribution in [1.82, 2.24) is 10.2 Å². The van der Waals surface area contributed by atoms with Gasteiger partial charge in [0.05, 0.1) is 5.56 Å². The number of aryl methyl sites for hydroxylation is 2. The van der Waals surface area contributed by atoms with Crippen molar-refractivity contribution in [2.45, 2.75) is 45.2 Å². The van der Waals surface area contributed by atoms with Crippen LogP contribution in [0.25, 0.3) is 0 Å². The van der Waals surface area contributed by atoms with E-state index in [0.29, 0.717) is 36.4 Å². The van der Waals surface area contributed by atoms with Gasteiger partial charge in [0.2, 0.25) is 17.7 Å². The summed E-state index contributed by atoms with van der Waals surface area (Å²) in [5, 5.41) is 4.72. The molecule has 2 aliphatic rings. The van der Waals surface area contributed by atoms with E-state index in [1.807, 2.05) is 19.1 Å². The average Bonchev–Trinajstić information content (AvgIpc) is 3.28. The van der Waals surface area contributed by atoms with Crippen LogP contribution in [0.1, 0.15) is 45.6 Å². The number of amides is 4. The van der Waals surface area contributed by atoms with Gasteiger partial charge < -0.3 is 9.80 Å². The lowest BCUT2D eigenvalue weighted by Crippen LogP contribution is -2.52. The number of carbonyl (C=O) groups excluding carboxylic acids is 4. The van der Waals surface area contributed by atoms with E-state index in [1.165, 1.54) is 16.2 Å². The van der Waals surface area contributed by atoms with E-state index in [1.54, 1.807) is 23.4 Å². The van der Waals surface area contributed by atoms with Gasteiger partial charge in [-0.05, 0) is 43.0 Å². The summed E-state index contributed by atoms with van der Waals surface area (Å²) in [4.78, 5) is 53.2. The molecule has 1 fully saturated rings. The third kappa shape index (κ3) is 4.09. The molecule has 4 rings (SSSR count). The summed E-state index contributed by atoms with van der Waals surface area (Å²) in [5.74, 6) is -0.966. The van der Waals surface area contributed by atoms with Crippen molar-refractivity contribution in [1.29, 1.82) is 0 Å². The molecule has 1 unspecified atom stereocenters. The number of fused-ring (bicyclic) bond motifs is 1. The quantitative estimate of drug-likeness (QED) is 0.696. The molecule has 9 heteroatoms. The van der Waals surface area contributed by atoms with E-state index < -0.39 is 11.9 Å². The summed E-state index contributed by atoms with van der Waals surface area (Å²) >= 11 is 7.64. The molecule has 3 heterocycles. The molecule has 0 bridgehead atoms. The molecule has 0 radical (unpaired) electrons. The molecular formula is C22H22ClN3O4S. The molecular weight excluding hydrogens is 438 g/mol. The van der Waals surface area contributed by atoms with Crippen LogP contribution in [0.2, 0.25) is 5.02 Å². The number of nitrogens with one attached hydrogen (secondary N) is 1. The summed E-state index contributed by atoms with van der Waals surface area (Å²) < 4.78 is 0. The van der Waals surface area contributed by atoms with Crippen LogP contribution < -0.4 is 10.2 Å². The first-order chi connectivity index (χ1) is 14.8. The first kappa shape index (κ1) is 21.5. The summed E-state index contributed by atoms with van der Waals surface area (Å²) in [6, 6.07) is 4.88. The fourth-order valence-electron chi connectivity index (χ4n) is 3.94. The van der Waals surface area contributed by atoms with Crippen molar-refractivity contribution in [2.24, 2.45) is 0 Å². The summed E-state index contributed by atoms with van der Waals surface area (Å²) in [7, 11) is 1.72. The number of halogens is 1. The third-order valence-corrected chi connectivity index (χ3v) is 7.37. The molecule has 2 aromatic rings. The van der Waals surface area contributed by atoms with Crippen molar-refractivity contribution in [2.75, 3.05) is 11.9 Å². The lowest BCUT2D eigenvalue weighted by atomic mass is 10.0. The highest BCUT2D eigenvalue weighted by atomic mass is 35.5. The van der Waals surface area contributed by atoms with Crippen molar-refractivity contribution >= 4 is 52.3 Å². The minimum atomic E-state index is -0.630. The Morgan fingerprint density at radius 3 is 2.81 bits per heavy atom. The van der Waals surface area contributed by atoms with Gasteiger partial charge in [0.15, 0.2) is 0 Å². The van der Waals surface area contributed by atoms with E-state index in [4.69, 9.17) is 11.6 Å². The number of hydrogen-bond donors (Lipinski definition) is 1. The standard InChI is InChI=1S/C22H22ClN3O4S/c1-12-3-4-13(9-16(12)23)25(2)20(28)8-6-18-14-10-26(22(30)15(14)11-31-18)17-5-7-19(27)24-21(17)29/h3-4,9,11,17H,5-8,10H2,1-2H3,(H,24,27,29). The highest BCUT2D eigenvalue weighted by Gasteiger charge is 2.40. The predicted octanol–water partition coefficient (Wildman–Crippen LogP) is 3.07. The van der Waals surface area contributed by atoms with Crippen LogP contribution in [0.5, 0.6) is 0 Å². The second-order valence-corrected chi connectivity index (χ2v) is 9.21. The number of rotatable bonds is 5. The Labute approximate surface area is 189 Å². The highest BCUT2D eigenvalue weighted by molar-refractivity contribution is 7.10. The van der Waals surface area contributed by atoms with Gasteiger partial charge in [-0.2, -0.15) is 0 Å². The molecule has 1 N–H and O–H groups in total. The van der Waals surface area contributed by atoms with Crippen LogP contribution in [0.15, 0.2) is 23.6 Å². The zero-order chi connectivity index (χ0) is 22.3. The Kier molecular flexibility index (Phi) is 5.85. The zero-order valence-electron chi connectivity index (χ0n) is 17.2. The van der Waals surface area contributed by atoms with Crippen LogP contribution in [0.3, 0.4) is 0 Å². The second-order valence-electron chi connectivity index (χ2n) is 7.84. The molecule has 1 saturated heterocycles. The van der Waals surface area contributed by atoms with Crippen molar-refractivity contribution < 1.29 is 19.2 Å². The van der Waals surface area contributed by atoms with E-state index >= 15 is 0 Å². The van der Waals surface area contributed by atoms with Crippen LogP contribution in [-0.2, 0) is 27.3 Å². The molecule has 4 amide bonds. The molecule has 7 nitrogen and oxygen atoms in total. The summed E-state index contributed by atoms with van der Waals surface area (Å²) in [6.45, 7) is 2.24. The summed E-state index contributed by atoms with van der Waals surface area (Å²) in [6.07, 6.45) is 1.37. The van der Waals surface area contributed by atoms with Crippen LogP contribution in [-0.4, -0.2) is 41.6 Å². The maximum Gasteiger partial charge on any atom is 0.256 e. The number of carbonyl (C=O) groups is 4. The molecule has 1 atom stereocenters. The number of anilines is 1. The number of nitrogens with zero attached hydrogens (tertiary/aromatic N) is 2. The van der Waals surface area contributed by atoms with Crippen molar-refractivity contribution in [3.05, 3.63) is 50.2 Å². The molecule has 31 heavy (non-hydrogen) atoms. The molecule has 0 spiro atoms. The second kappa shape index (κ2) is 8.43. The van der Waals surface area contributed by atoms with Crippen LogP contribution in [0.4, 0.5) is 5.69 Å². The van der Waals surface area contributed by atoms with Gasteiger partial charge in [-0.25, -0.2) is 0 Å². The van der Waals surface area contributed by atoms with Gasteiger partial charge in [0.1, 0.15) is 6.04 Å². The lowest BCUT2D eigenvalue weighted by Gasteiger charge is -2.29. The molecule has 0 aliphatic carbocycles.